The molecule has 18 heavy (non-hydrogen) atoms. The average Bonchev–Trinajstić information content (AvgIpc) is 2.61. The molecule has 1 heterocycles. The van der Waals surface area contributed by atoms with Crippen LogP contribution in [0.4, 0.5) is 4.79 Å². The number of rotatable bonds is 4. The molecule has 1 N–H and O–H groups in total. The molecular weight excluding hydrogens is 318 g/mol. The highest BCUT2D eigenvalue weighted by Crippen LogP contribution is 2.22. The van der Waals surface area contributed by atoms with Gasteiger partial charge in [-0.2, -0.15) is 11.3 Å². The first kappa shape index (κ1) is 15.2. The van der Waals surface area contributed by atoms with Gasteiger partial charge in [0.2, 0.25) is 0 Å². The molecule has 0 radical (unpaired) electrons. The monoisotopic (exact) mass is 333 g/mol. The Morgan fingerprint density at radius 2 is 2.06 bits per heavy atom. The predicted molar refractivity (Wildman–Crippen MR) is 75.2 cm³/mol. The molecule has 1 amide bonds. The molecule has 0 bridgehead atoms. The number of amides is 1. The van der Waals surface area contributed by atoms with E-state index >= 15 is 0 Å². The highest BCUT2D eigenvalue weighted by atomic mass is 79.9. The van der Waals surface area contributed by atoms with Gasteiger partial charge in [-0.1, -0.05) is 0 Å². The van der Waals surface area contributed by atoms with Crippen molar-refractivity contribution in [1.82, 2.24) is 5.32 Å². The van der Waals surface area contributed by atoms with E-state index in [4.69, 9.17) is 4.74 Å². The molecule has 6 heteroatoms. The van der Waals surface area contributed by atoms with Gasteiger partial charge >= 0.3 is 6.09 Å². The lowest BCUT2D eigenvalue weighted by Gasteiger charge is -2.19. The van der Waals surface area contributed by atoms with E-state index in [0.29, 0.717) is 5.56 Å². The summed E-state index contributed by atoms with van der Waals surface area (Å²) in [6.07, 6.45) is -0.242. The third-order valence-electron chi connectivity index (χ3n) is 1.94. The molecule has 0 unspecified atom stereocenters. The summed E-state index contributed by atoms with van der Waals surface area (Å²) in [4.78, 5) is 23.1. The predicted octanol–water partition coefficient (Wildman–Crippen LogP) is 3.61. The van der Waals surface area contributed by atoms with Crippen molar-refractivity contribution in [3.05, 3.63) is 20.8 Å². The Hall–Kier alpha value is -0.880. The minimum absolute atomic E-state index is 0.000756. The molecule has 1 aromatic heterocycles. The number of hydrogen-bond donors (Lipinski definition) is 1. The SMILES string of the molecule is CC(C)(C)OC(=O)NCCC(=O)c1cscc1Br. The standard InChI is InChI=1S/C12H16BrNO3S/c1-12(2,3)17-11(16)14-5-4-10(15)8-6-18-7-9(8)13/h6-7H,4-5H2,1-3H3,(H,14,16). The first-order chi connectivity index (χ1) is 8.29. The average molecular weight is 334 g/mol. The first-order valence-electron chi connectivity index (χ1n) is 5.51. The minimum Gasteiger partial charge on any atom is -0.444 e. The van der Waals surface area contributed by atoms with Crippen molar-refractivity contribution in [2.45, 2.75) is 32.8 Å². The van der Waals surface area contributed by atoms with Crippen LogP contribution in [0.15, 0.2) is 15.2 Å². The van der Waals surface area contributed by atoms with Gasteiger partial charge in [0.05, 0.1) is 0 Å². The van der Waals surface area contributed by atoms with Crippen molar-refractivity contribution in [1.29, 1.82) is 0 Å². The Labute approximate surface area is 119 Å². The third-order valence-corrected chi connectivity index (χ3v) is 3.64. The van der Waals surface area contributed by atoms with Crippen molar-refractivity contribution in [3.63, 3.8) is 0 Å². The molecule has 4 nitrogen and oxygen atoms in total. The van der Waals surface area contributed by atoms with E-state index in [1.165, 1.54) is 11.3 Å². The molecule has 0 atom stereocenters. The molecule has 0 fully saturated rings. The van der Waals surface area contributed by atoms with Crippen LogP contribution in [0.3, 0.4) is 0 Å². The first-order valence-corrected chi connectivity index (χ1v) is 7.25. The molecule has 1 aromatic rings. The summed E-state index contributed by atoms with van der Waals surface area (Å²) in [6.45, 7) is 5.65. The second kappa shape index (κ2) is 6.33. The molecule has 0 aliphatic rings. The lowest BCUT2D eigenvalue weighted by molar-refractivity contribution is 0.0527. The van der Waals surface area contributed by atoms with Crippen LogP contribution in [0.5, 0.6) is 0 Å². The number of ether oxygens (including phenoxy) is 1. The third kappa shape index (κ3) is 5.18. The zero-order valence-electron chi connectivity index (χ0n) is 10.6. The van der Waals surface area contributed by atoms with Gasteiger partial charge < -0.3 is 10.1 Å². The fourth-order valence-corrected chi connectivity index (χ4v) is 2.73. The van der Waals surface area contributed by atoms with Crippen molar-refractivity contribution in [2.24, 2.45) is 0 Å². The van der Waals surface area contributed by atoms with Gasteiger partial charge in [-0.05, 0) is 36.7 Å². The number of halogens is 1. The lowest BCUT2D eigenvalue weighted by atomic mass is 10.2. The van der Waals surface area contributed by atoms with E-state index in [1.807, 2.05) is 5.38 Å². The fourth-order valence-electron chi connectivity index (χ4n) is 1.21. The lowest BCUT2D eigenvalue weighted by Crippen LogP contribution is -2.33. The maximum absolute atomic E-state index is 11.8. The normalized spacial score (nSPS) is 11.1. The van der Waals surface area contributed by atoms with Gasteiger partial charge in [-0.15, -0.1) is 0 Å². The molecule has 0 aromatic carbocycles. The van der Waals surface area contributed by atoms with E-state index < -0.39 is 11.7 Å². The molecule has 0 aliphatic heterocycles. The van der Waals surface area contributed by atoms with E-state index in [2.05, 4.69) is 21.2 Å². The van der Waals surface area contributed by atoms with Crippen molar-refractivity contribution < 1.29 is 14.3 Å². The van der Waals surface area contributed by atoms with Gasteiger partial charge in [0.15, 0.2) is 5.78 Å². The summed E-state index contributed by atoms with van der Waals surface area (Å²) in [5.74, 6) is -0.000756. The van der Waals surface area contributed by atoms with E-state index in [9.17, 15) is 9.59 Å². The Kier molecular flexibility index (Phi) is 5.34. The molecule has 1 rings (SSSR count). The molecular formula is C12H16BrNO3S. The Bertz CT molecular complexity index is 437. The number of Topliss-reactive ketones (excluding diaryl/α,β-unsaturated/α-hetero) is 1. The van der Waals surface area contributed by atoms with E-state index in [0.717, 1.165) is 4.47 Å². The smallest absolute Gasteiger partial charge is 0.407 e. The molecule has 0 spiro atoms. The molecule has 0 aliphatic carbocycles. The summed E-state index contributed by atoms with van der Waals surface area (Å²) in [5, 5.41) is 6.20. The largest absolute Gasteiger partial charge is 0.444 e. The van der Waals surface area contributed by atoms with E-state index in [-0.39, 0.29) is 18.7 Å². The second-order valence-electron chi connectivity index (χ2n) is 4.74. The quantitative estimate of drug-likeness (QED) is 0.856. The van der Waals surface area contributed by atoms with Crippen LogP contribution < -0.4 is 5.32 Å². The zero-order valence-corrected chi connectivity index (χ0v) is 13.0. The maximum Gasteiger partial charge on any atom is 0.407 e. The fraction of sp³-hybridized carbons (Fsp3) is 0.500. The highest BCUT2D eigenvalue weighted by Gasteiger charge is 2.16. The van der Waals surface area contributed by atoms with Crippen LogP contribution >= 0.6 is 27.3 Å². The highest BCUT2D eigenvalue weighted by molar-refractivity contribution is 9.10. The minimum atomic E-state index is -0.523. The Morgan fingerprint density at radius 1 is 1.39 bits per heavy atom. The van der Waals surface area contributed by atoms with Crippen molar-refractivity contribution in [2.75, 3.05) is 6.54 Å². The van der Waals surface area contributed by atoms with Gasteiger partial charge in [0.1, 0.15) is 5.60 Å². The number of ketones is 1. The second-order valence-corrected chi connectivity index (χ2v) is 6.33. The number of hydrogen-bond acceptors (Lipinski definition) is 4. The van der Waals surface area contributed by atoms with Gasteiger partial charge in [0, 0.05) is 33.8 Å². The van der Waals surface area contributed by atoms with Gasteiger partial charge in [0.25, 0.3) is 0 Å². The number of carbonyl (C=O) groups excluding carboxylic acids is 2. The molecule has 0 saturated heterocycles. The maximum atomic E-state index is 11.8. The van der Waals surface area contributed by atoms with Crippen LogP contribution in [-0.2, 0) is 4.74 Å². The van der Waals surface area contributed by atoms with Crippen LogP contribution in [0.25, 0.3) is 0 Å². The summed E-state index contributed by atoms with van der Waals surface area (Å²) in [7, 11) is 0. The number of alkyl carbamates (subject to hydrolysis) is 1. The summed E-state index contributed by atoms with van der Waals surface area (Å²) in [6, 6.07) is 0. The summed E-state index contributed by atoms with van der Waals surface area (Å²) in [5.41, 5.74) is 0.135. The Morgan fingerprint density at radius 3 is 2.56 bits per heavy atom. The van der Waals surface area contributed by atoms with Crippen LogP contribution in [0, 0.1) is 0 Å². The molecule has 100 valence electrons. The van der Waals surface area contributed by atoms with Crippen molar-refractivity contribution in [3.8, 4) is 0 Å². The summed E-state index contributed by atoms with van der Waals surface area (Å²) < 4.78 is 5.87. The number of thiophene rings is 1. The summed E-state index contributed by atoms with van der Waals surface area (Å²) >= 11 is 4.77. The van der Waals surface area contributed by atoms with Crippen molar-refractivity contribution >= 4 is 39.1 Å². The van der Waals surface area contributed by atoms with Crippen LogP contribution in [0.1, 0.15) is 37.6 Å². The number of nitrogens with one attached hydrogen (secondary N) is 1. The Balaban J connectivity index is 2.33. The van der Waals surface area contributed by atoms with Crippen LogP contribution in [0.2, 0.25) is 0 Å². The topological polar surface area (TPSA) is 55.4 Å². The zero-order chi connectivity index (χ0) is 13.8. The van der Waals surface area contributed by atoms with Gasteiger partial charge in [-0.25, -0.2) is 4.79 Å². The van der Waals surface area contributed by atoms with E-state index in [1.54, 1.807) is 26.2 Å². The number of carbonyl (C=O) groups is 2. The van der Waals surface area contributed by atoms with Gasteiger partial charge in [-0.3, -0.25) is 4.79 Å². The van der Waals surface area contributed by atoms with Crippen LogP contribution in [-0.4, -0.2) is 24.0 Å². The molecule has 0 saturated carbocycles.